The van der Waals surface area contributed by atoms with Crippen molar-refractivity contribution in [3.8, 4) is 11.4 Å². The molecule has 31 heavy (non-hydrogen) atoms. The predicted molar refractivity (Wildman–Crippen MR) is 119 cm³/mol. The van der Waals surface area contributed by atoms with Gasteiger partial charge in [0.15, 0.2) is 0 Å². The van der Waals surface area contributed by atoms with Crippen molar-refractivity contribution >= 4 is 23.2 Å². The Kier molecular flexibility index (Phi) is 5.77. The van der Waals surface area contributed by atoms with Crippen molar-refractivity contribution in [3.05, 3.63) is 99.4 Å². The molecule has 0 amide bonds. The average molecular weight is 439 g/mol. The van der Waals surface area contributed by atoms with Crippen LogP contribution in [0, 0.1) is 12.7 Å². The van der Waals surface area contributed by atoms with Gasteiger partial charge < -0.3 is 19.2 Å². The van der Waals surface area contributed by atoms with E-state index < -0.39 is 11.4 Å². The summed E-state index contributed by atoms with van der Waals surface area (Å²) < 4.78 is 22.6. The Morgan fingerprint density at radius 3 is 2.65 bits per heavy atom. The molecule has 4 aromatic rings. The molecule has 0 fully saturated rings. The third-order valence-electron chi connectivity index (χ3n) is 4.83. The van der Waals surface area contributed by atoms with Gasteiger partial charge in [-0.1, -0.05) is 17.7 Å². The number of nitrogens with one attached hydrogen (secondary N) is 1. The molecule has 4 rings (SSSR count). The highest BCUT2D eigenvalue weighted by molar-refractivity contribution is 6.30. The van der Waals surface area contributed by atoms with E-state index in [0.717, 1.165) is 16.9 Å². The van der Waals surface area contributed by atoms with Gasteiger partial charge in [0.05, 0.1) is 19.9 Å². The highest BCUT2D eigenvalue weighted by Crippen LogP contribution is 2.24. The van der Waals surface area contributed by atoms with Gasteiger partial charge in [0.2, 0.25) is 11.7 Å². The Morgan fingerprint density at radius 1 is 1.16 bits per heavy atom. The molecule has 158 valence electrons. The smallest absolute Gasteiger partial charge is 0.316 e. The second kappa shape index (κ2) is 8.65. The molecule has 2 aromatic carbocycles. The number of aromatic nitrogens is 3. The van der Waals surface area contributed by atoms with Crippen molar-refractivity contribution in [2.45, 2.75) is 13.5 Å². The first kappa shape index (κ1) is 20.7. The van der Waals surface area contributed by atoms with E-state index in [4.69, 9.17) is 16.3 Å². The van der Waals surface area contributed by atoms with E-state index >= 15 is 0 Å². The van der Waals surface area contributed by atoms with E-state index in [0.29, 0.717) is 16.5 Å². The van der Waals surface area contributed by atoms with Gasteiger partial charge >= 0.3 is 5.56 Å². The standard InChI is InChI=1S/C23H20ClFN4O2/c1-15-5-6-19(28-7-3-4-8-28)12-20(15)26-23-27-22(30)21(31-2)14-29(23)13-16-9-17(24)11-18(25)10-16/h3-12,14H,13H2,1-2H3,(H,26,27,30). The average Bonchev–Trinajstić information content (AvgIpc) is 3.25. The minimum Gasteiger partial charge on any atom is -0.490 e. The molecule has 8 heteroatoms. The Balaban J connectivity index is 1.75. The number of anilines is 2. The number of hydrogen-bond acceptors (Lipinski definition) is 4. The normalized spacial score (nSPS) is 10.8. The molecule has 0 aliphatic rings. The summed E-state index contributed by atoms with van der Waals surface area (Å²) in [6, 6.07) is 14.1. The number of methoxy groups -OCH3 is 1. The van der Waals surface area contributed by atoms with Crippen molar-refractivity contribution in [1.82, 2.24) is 14.1 Å². The van der Waals surface area contributed by atoms with E-state index in [-0.39, 0.29) is 12.3 Å². The monoisotopic (exact) mass is 438 g/mol. The molecule has 2 aromatic heterocycles. The molecule has 0 atom stereocenters. The maximum Gasteiger partial charge on any atom is 0.316 e. The summed E-state index contributed by atoms with van der Waals surface area (Å²) >= 11 is 6.00. The summed E-state index contributed by atoms with van der Waals surface area (Å²) in [6.07, 6.45) is 5.44. The van der Waals surface area contributed by atoms with E-state index in [9.17, 15) is 9.18 Å². The van der Waals surface area contributed by atoms with Crippen LogP contribution >= 0.6 is 11.6 Å². The maximum atomic E-state index is 13.8. The summed E-state index contributed by atoms with van der Waals surface area (Å²) in [6.45, 7) is 2.19. The quantitative estimate of drug-likeness (QED) is 0.463. The van der Waals surface area contributed by atoms with Gasteiger partial charge in [-0.2, -0.15) is 4.98 Å². The fraction of sp³-hybridized carbons (Fsp3) is 0.130. The number of nitrogens with zero attached hydrogens (tertiary/aromatic N) is 3. The van der Waals surface area contributed by atoms with E-state index in [2.05, 4.69) is 10.3 Å². The molecule has 6 nitrogen and oxygen atoms in total. The number of aryl methyl sites for hydroxylation is 1. The lowest BCUT2D eigenvalue weighted by Gasteiger charge is -2.17. The first-order chi connectivity index (χ1) is 14.9. The molecular formula is C23H20ClFN4O2. The zero-order valence-corrected chi connectivity index (χ0v) is 17.7. The van der Waals surface area contributed by atoms with E-state index in [1.54, 1.807) is 16.8 Å². The first-order valence-corrected chi connectivity index (χ1v) is 9.92. The zero-order chi connectivity index (χ0) is 22.0. The van der Waals surface area contributed by atoms with Crippen molar-refractivity contribution < 1.29 is 9.13 Å². The highest BCUT2D eigenvalue weighted by Gasteiger charge is 2.12. The molecule has 0 saturated carbocycles. The summed E-state index contributed by atoms with van der Waals surface area (Å²) in [4.78, 5) is 16.5. The predicted octanol–water partition coefficient (Wildman–Crippen LogP) is 4.94. The fourth-order valence-corrected chi connectivity index (χ4v) is 3.51. The Hall–Kier alpha value is -3.58. The molecule has 0 bridgehead atoms. The third kappa shape index (κ3) is 4.62. The lowest BCUT2D eigenvalue weighted by Crippen LogP contribution is -2.19. The first-order valence-electron chi connectivity index (χ1n) is 9.54. The minimum atomic E-state index is -0.502. The van der Waals surface area contributed by atoms with Gasteiger partial charge in [-0.25, -0.2) is 4.39 Å². The number of halogens is 2. The van der Waals surface area contributed by atoms with Crippen LogP contribution < -0.4 is 15.6 Å². The lowest BCUT2D eigenvalue weighted by atomic mass is 10.1. The van der Waals surface area contributed by atoms with Crippen LogP contribution in [-0.4, -0.2) is 21.2 Å². The second-order valence-corrected chi connectivity index (χ2v) is 7.49. The maximum absolute atomic E-state index is 13.8. The molecule has 1 N–H and O–H groups in total. The molecule has 0 radical (unpaired) electrons. The van der Waals surface area contributed by atoms with Crippen LogP contribution in [0.2, 0.25) is 5.02 Å². The van der Waals surface area contributed by atoms with Crippen molar-refractivity contribution in [1.29, 1.82) is 0 Å². The Labute approximate surface area is 183 Å². The number of rotatable bonds is 6. The van der Waals surface area contributed by atoms with Gasteiger partial charge in [-0.05, 0) is 60.5 Å². The van der Waals surface area contributed by atoms with Crippen LogP contribution in [0.25, 0.3) is 5.69 Å². The number of benzene rings is 2. The van der Waals surface area contributed by atoms with Gasteiger partial charge in [-0.15, -0.1) is 0 Å². The highest BCUT2D eigenvalue weighted by atomic mass is 35.5. The van der Waals surface area contributed by atoms with Crippen LogP contribution in [0.4, 0.5) is 16.0 Å². The van der Waals surface area contributed by atoms with Gasteiger partial charge in [0.25, 0.3) is 0 Å². The van der Waals surface area contributed by atoms with Gasteiger partial charge in [-0.3, -0.25) is 4.79 Å². The molecular weight excluding hydrogens is 419 g/mol. The molecule has 0 unspecified atom stereocenters. The van der Waals surface area contributed by atoms with Crippen molar-refractivity contribution in [3.63, 3.8) is 0 Å². The van der Waals surface area contributed by atoms with Crippen LogP contribution in [0.1, 0.15) is 11.1 Å². The summed E-state index contributed by atoms with van der Waals surface area (Å²) in [5.41, 5.74) is 2.84. The molecule has 0 aliphatic carbocycles. The van der Waals surface area contributed by atoms with Gasteiger partial charge in [0.1, 0.15) is 5.82 Å². The van der Waals surface area contributed by atoms with Crippen LogP contribution in [0.5, 0.6) is 5.75 Å². The van der Waals surface area contributed by atoms with Crippen LogP contribution in [0.15, 0.2) is 71.9 Å². The van der Waals surface area contributed by atoms with Crippen molar-refractivity contribution in [2.75, 3.05) is 12.4 Å². The fourth-order valence-electron chi connectivity index (χ4n) is 3.26. The molecule has 2 heterocycles. The number of hydrogen-bond donors (Lipinski definition) is 1. The second-order valence-electron chi connectivity index (χ2n) is 7.06. The van der Waals surface area contributed by atoms with Crippen molar-refractivity contribution in [2.24, 2.45) is 0 Å². The summed E-state index contributed by atoms with van der Waals surface area (Å²) in [7, 11) is 1.40. The van der Waals surface area contributed by atoms with E-state index in [1.807, 2.05) is 54.2 Å². The topological polar surface area (TPSA) is 61.1 Å². The lowest BCUT2D eigenvalue weighted by molar-refractivity contribution is 0.402. The Morgan fingerprint density at radius 2 is 1.94 bits per heavy atom. The van der Waals surface area contributed by atoms with Crippen LogP contribution in [-0.2, 0) is 6.54 Å². The SMILES string of the molecule is COc1cn(Cc2cc(F)cc(Cl)c2)c(Nc2cc(-n3cccc3)ccc2C)nc1=O. The molecule has 0 saturated heterocycles. The van der Waals surface area contributed by atoms with Gasteiger partial charge in [0, 0.05) is 28.8 Å². The summed E-state index contributed by atoms with van der Waals surface area (Å²) in [5, 5.41) is 3.53. The number of ether oxygens (including phenoxy) is 1. The van der Waals surface area contributed by atoms with E-state index in [1.165, 1.54) is 19.2 Å². The zero-order valence-electron chi connectivity index (χ0n) is 17.0. The Bertz CT molecular complexity index is 1270. The van der Waals surface area contributed by atoms with Crippen LogP contribution in [0.3, 0.4) is 0 Å². The summed E-state index contributed by atoms with van der Waals surface area (Å²) in [5.74, 6) is -0.0435. The largest absolute Gasteiger partial charge is 0.490 e. The molecule has 0 spiro atoms. The molecule has 0 aliphatic heterocycles. The third-order valence-corrected chi connectivity index (χ3v) is 5.05. The minimum absolute atomic E-state index is 0.0888.